The molecule has 1 aromatic carbocycles. The van der Waals surface area contributed by atoms with Crippen LogP contribution in [0.15, 0.2) is 40.5 Å². The minimum Gasteiger partial charge on any atom is -0.443 e. The molecular weight excluding hydrogens is 396 g/mol. The molecule has 0 radical (unpaired) electrons. The first-order chi connectivity index (χ1) is 12.1. The maximum absolute atomic E-state index is 12.7. The highest BCUT2D eigenvalue weighted by Gasteiger charge is 2.29. The summed E-state index contributed by atoms with van der Waals surface area (Å²) in [5.74, 6) is 0.0462. The Morgan fingerprint density at radius 3 is 2.58 bits per heavy atom. The molecule has 1 aromatic heterocycles. The third kappa shape index (κ3) is 3.43. The van der Waals surface area contributed by atoms with Gasteiger partial charge in [-0.3, -0.25) is 9.36 Å². The number of halogens is 1. The van der Waals surface area contributed by atoms with E-state index >= 15 is 0 Å². The lowest BCUT2D eigenvalue weighted by molar-refractivity contribution is -0.125. The molecule has 0 saturated carbocycles. The second-order valence-corrected chi connectivity index (χ2v) is 8.53. The van der Waals surface area contributed by atoms with E-state index in [1.165, 1.54) is 0 Å². The van der Waals surface area contributed by atoms with Crippen LogP contribution < -0.4 is 0 Å². The molecule has 0 aliphatic carbocycles. The molecule has 0 bridgehead atoms. The standard InChI is InChI=1S/C20H23BrN2O3/c1-12-9-14(22(5)18(12)24)10-13-11-23(19(25)26-20(2,3)4)16-8-6-7-15(21)17(13)16/h6-9,11,14H,10H2,1-5H3/t14-/m0/s1. The number of aromatic nitrogens is 1. The van der Waals surface area contributed by atoms with E-state index in [9.17, 15) is 9.59 Å². The maximum Gasteiger partial charge on any atom is 0.419 e. The van der Waals surface area contributed by atoms with Crippen molar-refractivity contribution >= 4 is 38.8 Å². The molecule has 1 aliphatic rings. The van der Waals surface area contributed by atoms with Crippen molar-refractivity contribution in [3.8, 4) is 0 Å². The van der Waals surface area contributed by atoms with E-state index in [1.54, 1.807) is 9.47 Å². The van der Waals surface area contributed by atoms with Crippen LogP contribution in [0.25, 0.3) is 10.9 Å². The van der Waals surface area contributed by atoms with E-state index in [2.05, 4.69) is 15.9 Å². The Kier molecular flexibility index (Phi) is 4.73. The highest BCUT2D eigenvalue weighted by atomic mass is 79.9. The van der Waals surface area contributed by atoms with Crippen molar-refractivity contribution in [1.29, 1.82) is 0 Å². The van der Waals surface area contributed by atoms with Gasteiger partial charge >= 0.3 is 6.09 Å². The van der Waals surface area contributed by atoms with E-state index < -0.39 is 11.7 Å². The van der Waals surface area contributed by atoms with Gasteiger partial charge in [0.2, 0.25) is 5.91 Å². The van der Waals surface area contributed by atoms with Crippen LogP contribution in [0.3, 0.4) is 0 Å². The molecule has 1 amide bonds. The summed E-state index contributed by atoms with van der Waals surface area (Å²) in [6.07, 6.45) is 4.03. The molecule has 138 valence electrons. The average Bonchev–Trinajstić information content (AvgIpc) is 3.01. The molecule has 2 heterocycles. The van der Waals surface area contributed by atoms with E-state index in [4.69, 9.17) is 4.74 Å². The minimum absolute atomic E-state index is 0.0210. The van der Waals surface area contributed by atoms with Gasteiger partial charge in [-0.05, 0) is 51.8 Å². The van der Waals surface area contributed by atoms with Gasteiger partial charge in [0.1, 0.15) is 5.60 Å². The molecule has 0 saturated heterocycles. The van der Waals surface area contributed by atoms with Crippen molar-refractivity contribution in [3.05, 3.63) is 46.1 Å². The predicted octanol–water partition coefficient (Wildman–Crippen LogP) is 4.52. The fourth-order valence-electron chi connectivity index (χ4n) is 3.26. The molecule has 0 unspecified atom stereocenters. The Morgan fingerprint density at radius 1 is 1.31 bits per heavy atom. The number of amides is 1. The largest absolute Gasteiger partial charge is 0.443 e. The SMILES string of the molecule is CC1=C[C@@H](Cc2cn(C(=O)OC(C)(C)C)c3cccc(Br)c23)N(C)C1=O. The molecule has 5 nitrogen and oxygen atoms in total. The van der Waals surface area contributed by atoms with Gasteiger partial charge in [-0.25, -0.2) is 4.79 Å². The van der Waals surface area contributed by atoms with Crippen molar-refractivity contribution in [3.63, 3.8) is 0 Å². The molecule has 26 heavy (non-hydrogen) atoms. The van der Waals surface area contributed by atoms with Crippen LogP contribution in [0.2, 0.25) is 0 Å². The van der Waals surface area contributed by atoms with E-state index in [1.807, 2.05) is 65.2 Å². The zero-order chi connectivity index (χ0) is 19.2. The number of benzene rings is 1. The molecule has 6 heteroatoms. The number of carbonyl (C=O) groups is 2. The monoisotopic (exact) mass is 418 g/mol. The highest BCUT2D eigenvalue weighted by Crippen LogP contribution is 2.32. The number of likely N-dealkylation sites (N-methyl/N-ethyl adjacent to an activating group) is 1. The third-order valence-corrected chi connectivity index (χ3v) is 5.13. The Labute approximate surface area is 161 Å². The third-order valence-electron chi connectivity index (χ3n) is 4.47. The van der Waals surface area contributed by atoms with Crippen molar-refractivity contribution in [2.24, 2.45) is 0 Å². The van der Waals surface area contributed by atoms with E-state index in [-0.39, 0.29) is 11.9 Å². The predicted molar refractivity (Wildman–Crippen MR) is 105 cm³/mol. The van der Waals surface area contributed by atoms with Crippen LogP contribution in [0.1, 0.15) is 33.3 Å². The molecule has 1 atom stereocenters. The fraction of sp³-hybridized carbons (Fsp3) is 0.400. The highest BCUT2D eigenvalue weighted by molar-refractivity contribution is 9.10. The zero-order valence-electron chi connectivity index (χ0n) is 15.7. The molecule has 3 rings (SSSR count). The number of rotatable bonds is 2. The Hall–Kier alpha value is -2.08. The van der Waals surface area contributed by atoms with Crippen molar-refractivity contribution in [1.82, 2.24) is 9.47 Å². The molecular formula is C20H23BrN2O3. The summed E-state index contributed by atoms with van der Waals surface area (Å²) in [5, 5.41) is 0.970. The summed E-state index contributed by atoms with van der Waals surface area (Å²) in [5.41, 5.74) is 1.97. The minimum atomic E-state index is -0.572. The van der Waals surface area contributed by atoms with Gasteiger partial charge in [-0.15, -0.1) is 0 Å². The first-order valence-corrected chi connectivity index (χ1v) is 9.35. The van der Waals surface area contributed by atoms with E-state index in [0.29, 0.717) is 6.42 Å². The smallest absolute Gasteiger partial charge is 0.419 e. The van der Waals surface area contributed by atoms with Gasteiger partial charge in [-0.2, -0.15) is 0 Å². The van der Waals surface area contributed by atoms with Gasteiger partial charge in [0.25, 0.3) is 0 Å². The topological polar surface area (TPSA) is 51.5 Å². The summed E-state index contributed by atoms with van der Waals surface area (Å²) in [7, 11) is 1.81. The summed E-state index contributed by atoms with van der Waals surface area (Å²) in [4.78, 5) is 26.5. The second-order valence-electron chi connectivity index (χ2n) is 7.68. The number of nitrogens with zero attached hydrogens (tertiary/aromatic N) is 2. The molecule has 0 fully saturated rings. The van der Waals surface area contributed by atoms with Crippen molar-refractivity contribution in [2.45, 2.75) is 45.8 Å². The van der Waals surface area contributed by atoms with Crippen molar-refractivity contribution in [2.75, 3.05) is 7.05 Å². The quantitative estimate of drug-likeness (QED) is 0.720. The van der Waals surface area contributed by atoms with Crippen LogP contribution in [-0.4, -0.2) is 40.2 Å². The number of hydrogen-bond acceptors (Lipinski definition) is 3. The van der Waals surface area contributed by atoms with Gasteiger partial charge in [0.15, 0.2) is 0 Å². The summed E-state index contributed by atoms with van der Waals surface area (Å²) < 4.78 is 8.01. The molecule has 2 aromatic rings. The van der Waals surface area contributed by atoms with Crippen LogP contribution in [-0.2, 0) is 16.0 Å². The van der Waals surface area contributed by atoms with Gasteiger partial charge in [0.05, 0.1) is 11.6 Å². The molecule has 0 N–H and O–H groups in total. The number of hydrogen-bond donors (Lipinski definition) is 0. The Balaban J connectivity index is 2.04. The van der Waals surface area contributed by atoms with Gasteiger partial charge in [0, 0.05) is 28.7 Å². The number of fused-ring (bicyclic) bond motifs is 1. The average molecular weight is 419 g/mol. The second kappa shape index (κ2) is 6.58. The Bertz CT molecular complexity index is 921. The van der Waals surface area contributed by atoms with Crippen molar-refractivity contribution < 1.29 is 14.3 Å². The van der Waals surface area contributed by atoms with Crippen LogP contribution in [0, 0.1) is 0 Å². The lowest BCUT2D eigenvalue weighted by Crippen LogP contribution is -2.31. The van der Waals surface area contributed by atoms with Crippen LogP contribution in [0.4, 0.5) is 4.79 Å². The lowest BCUT2D eigenvalue weighted by Gasteiger charge is -2.20. The summed E-state index contributed by atoms with van der Waals surface area (Å²) in [6, 6.07) is 5.73. The molecule has 0 spiro atoms. The first-order valence-electron chi connectivity index (χ1n) is 8.56. The maximum atomic E-state index is 12.7. The summed E-state index contributed by atoms with van der Waals surface area (Å²) >= 11 is 3.60. The zero-order valence-corrected chi connectivity index (χ0v) is 17.3. The van der Waals surface area contributed by atoms with Crippen LogP contribution in [0.5, 0.6) is 0 Å². The fourth-order valence-corrected chi connectivity index (χ4v) is 3.87. The first kappa shape index (κ1) is 18.7. The Morgan fingerprint density at radius 2 is 2.00 bits per heavy atom. The number of carbonyl (C=O) groups excluding carboxylic acids is 2. The van der Waals surface area contributed by atoms with Gasteiger partial charge < -0.3 is 9.64 Å². The lowest BCUT2D eigenvalue weighted by atomic mass is 10.0. The van der Waals surface area contributed by atoms with E-state index in [0.717, 1.165) is 26.5 Å². The van der Waals surface area contributed by atoms with Crippen LogP contribution >= 0.6 is 15.9 Å². The van der Waals surface area contributed by atoms with Gasteiger partial charge in [-0.1, -0.05) is 28.1 Å². The normalized spacial score (nSPS) is 17.8. The number of ether oxygens (including phenoxy) is 1. The summed E-state index contributed by atoms with van der Waals surface area (Å²) in [6.45, 7) is 7.37. The molecule has 1 aliphatic heterocycles.